The summed E-state index contributed by atoms with van der Waals surface area (Å²) in [6, 6.07) is 23.6. The van der Waals surface area contributed by atoms with Crippen molar-refractivity contribution < 1.29 is 5.11 Å². The Kier molecular flexibility index (Phi) is 3.12. The first-order chi connectivity index (χ1) is 11.3. The molecule has 23 heavy (non-hydrogen) atoms. The number of rotatable bonds is 2. The first-order valence-electron chi connectivity index (χ1n) is 7.55. The van der Waals surface area contributed by atoms with E-state index in [9.17, 15) is 5.11 Å². The predicted molar refractivity (Wildman–Crippen MR) is 93.3 cm³/mol. The fraction of sp³-hybridized carbons (Fsp3) is 0.0500. The Labute approximate surface area is 134 Å². The topological polar surface area (TPSA) is 38.0 Å². The third-order valence-corrected chi connectivity index (χ3v) is 4.11. The Morgan fingerprint density at radius 3 is 2.04 bits per heavy atom. The molecule has 4 rings (SSSR count). The number of nitrogens with zero attached hydrogens (tertiary/aromatic N) is 2. The maximum Gasteiger partial charge on any atom is 0.140 e. The minimum Gasteiger partial charge on any atom is -0.507 e. The zero-order valence-corrected chi connectivity index (χ0v) is 12.8. The number of phenolic OH excluding ortho intramolecular Hbond substituents is 1. The van der Waals surface area contributed by atoms with E-state index in [4.69, 9.17) is 4.98 Å². The molecular formula is C20H16N2O. The molecule has 0 aliphatic carbocycles. The lowest BCUT2D eigenvalue weighted by atomic mass is 10.0. The Morgan fingerprint density at radius 1 is 0.783 bits per heavy atom. The second kappa shape index (κ2) is 5.29. The molecule has 1 aromatic heterocycles. The largest absolute Gasteiger partial charge is 0.507 e. The zero-order valence-electron chi connectivity index (χ0n) is 12.8. The van der Waals surface area contributed by atoms with E-state index in [1.807, 2.05) is 78.3 Å². The van der Waals surface area contributed by atoms with Gasteiger partial charge in [0.15, 0.2) is 0 Å². The number of phenols is 1. The fourth-order valence-electron chi connectivity index (χ4n) is 3.03. The van der Waals surface area contributed by atoms with Crippen molar-refractivity contribution in [1.82, 2.24) is 9.55 Å². The van der Waals surface area contributed by atoms with E-state index in [0.29, 0.717) is 0 Å². The van der Waals surface area contributed by atoms with Gasteiger partial charge in [-0.25, -0.2) is 4.98 Å². The highest BCUT2D eigenvalue weighted by molar-refractivity contribution is 5.97. The van der Waals surface area contributed by atoms with Crippen molar-refractivity contribution in [1.29, 1.82) is 0 Å². The molecule has 0 saturated heterocycles. The van der Waals surface area contributed by atoms with Crippen molar-refractivity contribution >= 4 is 11.0 Å². The molecule has 0 unspecified atom stereocenters. The van der Waals surface area contributed by atoms with Crippen LogP contribution in [0.5, 0.6) is 5.75 Å². The number of aromatic hydroxyl groups is 1. The number of fused-ring (bicyclic) bond motifs is 1. The minimum absolute atomic E-state index is 0.270. The number of aryl methyl sites for hydroxylation is 1. The molecule has 0 atom stereocenters. The van der Waals surface area contributed by atoms with E-state index < -0.39 is 0 Å². The third kappa shape index (κ3) is 2.18. The summed E-state index contributed by atoms with van der Waals surface area (Å²) in [5, 5.41) is 10.4. The van der Waals surface area contributed by atoms with Gasteiger partial charge in [-0.2, -0.15) is 0 Å². The Bertz CT molecular complexity index is 973. The Morgan fingerprint density at radius 2 is 1.39 bits per heavy atom. The standard InChI is InChI=1S/C20H16N2O/c1-22-19-16(21-20(22)15-10-6-3-7-11-15)12-13-17(23)18(19)14-8-4-2-5-9-14/h2-13,23H,1H3. The van der Waals surface area contributed by atoms with Crippen LogP contribution in [-0.2, 0) is 7.05 Å². The van der Waals surface area contributed by atoms with E-state index in [-0.39, 0.29) is 5.75 Å². The van der Waals surface area contributed by atoms with Crippen LogP contribution in [0.1, 0.15) is 0 Å². The van der Waals surface area contributed by atoms with E-state index in [2.05, 4.69) is 0 Å². The maximum atomic E-state index is 10.4. The van der Waals surface area contributed by atoms with Gasteiger partial charge in [0, 0.05) is 18.2 Å². The number of imidazole rings is 1. The molecule has 0 bridgehead atoms. The van der Waals surface area contributed by atoms with Crippen molar-refractivity contribution in [2.45, 2.75) is 0 Å². The van der Waals surface area contributed by atoms with Gasteiger partial charge in [0.1, 0.15) is 11.6 Å². The molecule has 0 radical (unpaired) electrons. The quantitative estimate of drug-likeness (QED) is 0.587. The molecule has 1 heterocycles. The first-order valence-corrected chi connectivity index (χ1v) is 7.55. The molecule has 3 nitrogen and oxygen atoms in total. The minimum atomic E-state index is 0.270. The molecule has 3 aromatic carbocycles. The average Bonchev–Trinajstić information content (AvgIpc) is 2.93. The Balaban J connectivity index is 2.05. The molecule has 4 aromatic rings. The van der Waals surface area contributed by atoms with Gasteiger partial charge in [0.25, 0.3) is 0 Å². The summed E-state index contributed by atoms with van der Waals surface area (Å²) in [5.41, 5.74) is 4.68. The summed E-state index contributed by atoms with van der Waals surface area (Å²) in [6.07, 6.45) is 0. The van der Waals surface area contributed by atoms with E-state index in [0.717, 1.165) is 33.5 Å². The van der Waals surface area contributed by atoms with Gasteiger partial charge in [0.2, 0.25) is 0 Å². The summed E-state index contributed by atoms with van der Waals surface area (Å²) in [7, 11) is 1.99. The van der Waals surface area contributed by atoms with E-state index in [1.165, 1.54) is 0 Å². The highest BCUT2D eigenvalue weighted by atomic mass is 16.3. The van der Waals surface area contributed by atoms with Gasteiger partial charge >= 0.3 is 0 Å². The normalized spacial score (nSPS) is 11.0. The van der Waals surface area contributed by atoms with Gasteiger partial charge in [-0.3, -0.25) is 0 Å². The number of hydrogen-bond acceptors (Lipinski definition) is 2. The second-order valence-corrected chi connectivity index (χ2v) is 5.55. The van der Waals surface area contributed by atoms with Crippen molar-refractivity contribution in [2.75, 3.05) is 0 Å². The van der Waals surface area contributed by atoms with Gasteiger partial charge in [-0.15, -0.1) is 0 Å². The summed E-state index contributed by atoms with van der Waals surface area (Å²) in [6.45, 7) is 0. The maximum absolute atomic E-state index is 10.4. The van der Waals surface area contributed by atoms with Gasteiger partial charge in [0.05, 0.1) is 11.0 Å². The predicted octanol–water partition coefficient (Wildman–Crippen LogP) is 4.61. The zero-order chi connectivity index (χ0) is 15.8. The second-order valence-electron chi connectivity index (χ2n) is 5.55. The molecule has 0 amide bonds. The molecule has 3 heteroatoms. The van der Waals surface area contributed by atoms with Crippen LogP contribution in [0.4, 0.5) is 0 Å². The summed E-state index contributed by atoms with van der Waals surface area (Å²) < 4.78 is 2.05. The van der Waals surface area contributed by atoms with Crippen molar-refractivity contribution in [3.8, 4) is 28.3 Å². The van der Waals surface area contributed by atoms with Crippen molar-refractivity contribution in [3.63, 3.8) is 0 Å². The van der Waals surface area contributed by atoms with Crippen LogP contribution in [0.15, 0.2) is 72.8 Å². The molecule has 0 saturated carbocycles. The fourth-order valence-corrected chi connectivity index (χ4v) is 3.03. The van der Waals surface area contributed by atoms with E-state index in [1.54, 1.807) is 6.07 Å². The highest BCUT2D eigenvalue weighted by Gasteiger charge is 2.17. The molecule has 1 N–H and O–H groups in total. The smallest absolute Gasteiger partial charge is 0.140 e. The SMILES string of the molecule is Cn1c(-c2ccccc2)nc2ccc(O)c(-c3ccccc3)c21. The molecule has 112 valence electrons. The summed E-state index contributed by atoms with van der Waals surface area (Å²) >= 11 is 0. The summed E-state index contributed by atoms with van der Waals surface area (Å²) in [4.78, 5) is 4.76. The lowest BCUT2D eigenvalue weighted by Gasteiger charge is -2.09. The Hall–Kier alpha value is -3.07. The van der Waals surface area contributed by atoms with Crippen LogP contribution < -0.4 is 0 Å². The number of benzene rings is 3. The lowest BCUT2D eigenvalue weighted by Crippen LogP contribution is -1.94. The van der Waals surface area contributed by atoms with Gasteiger partial charge < -0.3 is 9.67 Å². The first kappa shape index (κ1) is 13.6. The number of aromatic nitrogens is 2. The van der Waals surface area contributed by atoms with Gasteiger partial charge in [-0.05, 0) is 17.7 Å². The molecular weight excluding hydrogens is 284 g/mol. The van der Waals surface area contributed by atoms with Gasteiger partial charge in [-0.1, -0.05) is 60.7 Å². The molecule has 0 fully saturated rings. The molecule has 0 aliphatic rings. The van der Waals surface area contributed by atoms with Crippen LogP contribution in [0, 0.1) is 0 Å². The highest BCUT2D eigenvalue weighted by Crippen LogP contribution is 2.37. The lowest BCUT2D eigenvalue weighted by molar-refractivity contribution is 0.478. The van der Waals surface area contributed by atoms with Crippen LogP contribution in [0.25, 0.3) is 33.5 Å². The van der Waals surface area contributed by atoms with Crippen LogP contribution in [0.3, 0.4) is 0 Å². The number of hydrogen-bond donors (Lipinski definition) is 1. The average molecular weight is 300 g/mol. The summed E-state index contributed by atoms with van der Waals surface area (Å²) in [5.74, 6) is 1.16. The van der Waals surface area contributed by atoms with Crippen LogP contribution in [-0.4, -0.2) is 14.7 Å². The van der Waals surface area contributed by atoms with Crippen molar-refractivity contribution in [2.24, 2.45) is 7.05 Å². The molecule has 0 aliphatic heterocycles. The monoisotopic (exact) mass is 300 g/mol. The van der Waals surface area contributed by atoms with Crippen LogP contribution >= 0.6 is 0 Å². The molecule has 0 spiro atoms. The van der Waals surface area contributed by atoms with Crippen LogP contribution in [0.2, 0.25) is 0 Å². The van der Waals surface area contributed by atoms with E-state index >= 15 is 0 Å². The third-order valence-electron chi connectivity index (χ3n) is 4.11. The van der Waals surface area contributed by atoms with Crippen molar-refractivity contribution in [3.05, 3.63) is 72.8 Å².